The summed E-state index contributed by atoms with van der Waals surface area (Å²) >= 11 is 8.51. The van der Waals surface area contributed by atoms with E-state index >= 15 is 0 Å². The number of thiophene rings is 1. The van der Waals surface area contributed by atoms with Crippen LogP contribution in [0.25, 0.3) is 10.2 Å². The van der Waals surface area contributed by atoms with Gasteiger partial charge in [0.15, 0.2) is 5.13 Å². The molecule has 1 aromatic carbocycles. The summed E-state index contributed by atoms with van der Waals surface area (Å²) in [5.74, 6) is 0.439. The number of hydrogen-bond acceptors (Lipinski definition) is 9. The molecule has 1 unspecified atom stereocenters. The van der Waals surface area contributed by atoms with Crippen LogP contribution in [0.15, 0.2) is 34.5 Å². The second-order valence-corrected chi connectivity index (χ2v) is 14.4. The molecule has 39 heavy (non-hydrogen) atoms. The van der Waals surface area contributed by atoms with E-state index in [1.54, 1.807) is 11.0 Å². The normalized spacial score (nSPS) is 19.4. The van der Waals surface area contributed by atoms with Crippen LogP contribution in [0.5, 0.6) is 5.75 Å². The molecule has 2 aromatic heterocycles. The lowest BCUT2D eigenvalue weighted by Crippen LogP contribution is -2.53. The zero-order valence-electron chi connectivity index (χ0n) is 21.9. The third-order valence-electron chi connectivity index (χ3n) is 6.98. The Bertz CT molecular complexity index is 1390. The van der Waals surface area contributed by atoms with Crippen LogP contribution in [0.4, 0.5) is 5.13 Å². The van der Waals surface area contributed by atoms with Crippen LogP contribution in [-0.4, -0.2) is 87.1 Å². The number of halogens is 1. The van der Waals surface area contributed by atoms with E-state index in [1.807, 2.05) is 25.1 Å². The lowest BCUT2D eigenvalue weighted by Gasteiger charge is -2.36. The molecule has 0 radical (unpaired) electrons. The molecule has 0 spiro atoms. The van der Waals surface area contributed by atoms with Gasteiger partial charge in [-0.15, -0.1) is 11.3 Å². The van der Waals surface area contributed by atoms with Gasteiger partial charge in [0.1, 0.15) is 21.5 Å². The summed E-state index contributed by atoms with van der Waals surface area (Å²) in [6.07, 6.45) is 2.69. The number of benzene rings is 1. The zero-order chi connectivity index (χ0) is 27.4. The van der Waals surface area contributed by atoms with Gasteiger partial charge >= 0.3 is 0 Å². The van der Waals surface area contributed by atoms with E-state index < -0.39 is 16.1 Å². The van der Waals surface area contributed by atoms with E-state index in [4.69, 9.17) is 26.1 Å². The van der Waals surface area contributed by atoms with E-state index in [2.05, 4.69) is 4.90 Å². The molecule has 0 N–H and O–H groups in total. The van der Waals surface area contributed by atoms with Gasteiger partial charge < -0.3 is 9.47 Å². The first-order valence-corrected chi connectivity index (χ1v) is 16.7. The SMILES string of the molecule is CCOc1cccc2sc(N(CCCN3CCOCC3)C(=O)C3CCCCN3S(=O)(=O)c3ccc(Cl)s3)nc12. The summed E-state index contributed by atoms with van der Waals surface area (Å²) in [6, 6.07) is 8.05. The third-order valence-corrected chi connectivity index (χ3v) is 11.6. The third kappa shape index (κ3) is 6.42. The first-order chi connectivity index (χ1) is 18.9. The fourth-order valence-corrected chi connectivity index (χ4v) is 9.33. The van der Waals surface area contributed by atoms with Crippen LogP contribution in [0.2, 0.25) is 4.34 Å². The van der Waals surface area contributed by atoms with Crippen molar-refractivity contribution < 1.29 is 22.7 Å². The predicted molar refractivity (Wildman–Crippen MR) is 156 cm³/mol. The number of aromatic nitrogens is 1. The average Bonchev–Trinajstić information content (AvgIpc) is 3.59. The van der Waals surface area contributed by atoms with Crippen molar-refractivity contribution in [3.8, 4) is 5.75 Å². The minimum Gasteiger partial charge on any atom is -0.492 e. The number of nitrogens with zero attached hydrogens (tertiary/aromatic N) is 4. The van der Waals surface area contributed by atoms with Crippen molar-refractivity contribution in [2.45, 2.75) is 42.9 Å². The molecule has 0 aliphatic carbocycles. The number of carbonyl (C=O) groups excluding carboxylic acids is 1. The molecule has 2 aliphatic heterocycles. The maximum absolute atomic E-state index is 14.3. The number of rotatable bonds is 10. The molecule has 2 saturated heterocycles. The van der Waals surface area contributed by atoms with Gasteiger partial charge in [0.05, 0.1) is 28.9 Å². The Morgan fingerprint density at radius 2 is 2.00 bits per heavy atom. The fourth-order valence-electron chi connectivity index (χ4n) is 5.05. The minimum atomic E-state index is -3.87. The number of morpholine rings is 1. The number of fused-ring (bicyclic) bond motifs is 1. The topological polar surface area (TPSA) is 92.3 Å². The number of sulfonamides is 1. The fraction of sp³-hybridized carbons (Fsp3) is 0.538. The van der Waals surface area contributed by atoms with Crippen LogP contribution in [0.3, 0.4) is 0 Å². The predicted octanol–water partition coefficient (Wildman–Crippen LogP) is 4.71. The van der Waals surface area contributed by atoms with Gasteiger partial charge in [-0.2, -0.15) is 4.31 Å². The van der Waals surface area contributed by atoms with Crippen molar-refractivity contribution in [1.29, 1.82) is 0 Å². The highest BCUT2D eigenvalue weighted by atomic mass is 35.5. The van der Waals surface area contributed by atoms with Gasteiger partial charge in [0.2, 0.25) is 5.91 Å². The number of piperidine rings is 1. The lowest BCUT2D eigenvalue weighted by atomic mass is 10.0. The largest absolute Gasteiger partial charge is 0.492 e. The Morgan fingerprint density at radius 1 is 1.18 bits per heavy atom. The molecule has 212 valence electrons. The second kappa shape index (κ2) is 12.8. The maximum atomic E-state index is 14.3. The van der Waals surface area contributed by atoms with E-state index in [0.717, 1.165) is 48.5 Å². The van der Waals surface area contributed by atoms with Gasteiger partial charge in [-0.25, -0.2) is 13.4 Å². The monoisotopic (exact) mass is 612 g/mol. The summed E-state index contributed by atoms with van der Waals surface area (Å²) in [4.78, 5) is 23.1. The van der Waals surface area contributed by atoms with Crippen molar-refractivity contribution >= 4 is 65.6 Å². The van der Waals surface area contributed by atoms with Crippen molar-refractivity contribution in [3.05, 3.63) is 34.7 Å². The molecule has 3 aromatic rings. The van der Waals surface area contributed by atoms with Gasteiger partial charge in [-0.05, 0) is 50.5 Å². The number of carbonyl (C=O) groups is 1. The molecule has 5 rings (SSSR count). The molecule has 1 amide bonds. The van der Waals surface area contributed by atoms with Gasteiger partial charge in [-0.1, -0.05) is 35.4 Å². The molecule has 9 nitrogen and oxygen atoms in total. The lowest BCUT2D eigenvalue weighted by molar-refractivity contribution is -0.123. The first kappa shape index (κ1) is 28.7. The van der Waals surface area contributed by atoms with Gasteiger partial charge in [-0.3, -0.25) is 14.6 Å². The Morgan fingerprint density at radius 3 is 2.74 bits per heavy atom. The Balaban J connectivity index is 1.45. The van der Waals surface area contributed by atoms with E-state index in [1.165, 1.54) is 21.7 Å². The molecule has 2 fully saturated rings. The number of amides is 1. The van der Waals surface area contributed by atoms with Gasteiger partial charge in [0, 0.05) is 32.7 Å². The van der Waals surface area contributed by atoms with Gasteiger partial charge in [0.25, 0.3) is 10.0 Å². The summed E-state index contributed by atoms with van der Waals surface area (Å²) in [5, 5.41) is 0.561. The Labute approximate surface area is 242 Å². The average molecular weight is 613 g/mol. The van der Waals surface area contributed by atoms with Crippen LogP contribution < -0.4 is 9.64 Å². The summed E-state index contributed by atoms with van der Waals surface area (Å²) < 4.78 is 41.3. The molecule has 0 bridgehead atoms. The van der Waals surface area contributed by atoms with Crippen LogP contribution in [-0.2, 0) is 19.6 Å². The minimum absolute atomic E-state index is 0.160. The smallest absolute Gasteiger partial charge is 0.253 e. The first-order valence-electron chi connectivity index (χ1n) is 13.3. The Kier molecular flexibility index (Phi) is 9.42. The zero-order valence-corrected chi connectivity index (χ0v) is 25.1. The number of thiazole rings is 1. The summed E-state index contributed by atoms with van der Waals surface area (Å²) in [7, 11) is -3.87. The molecule has 4 heterocycles. The Hall–Kier alpha value is -1.80. The quantitative estimate of drug-likeness (QED) is 0.327. The highest BCUT2D eigenvalue weighted by Gasteiger charge is 2.41. The number of anilines is 1. The summed E-state index contributed by atoms with van der Waals surface area (Å²) in [5.41, 5.74) is 0.715. The second-order valence-electron chi connectivity index (χ2n) is 9.52. The molecular formula is C26H33ClN4O5S3. The number of para-hydroxylation sites is 1. The highest BCUT2D eigenvalue weighted by molar-refractivity contribution is 7.91. The number of hydrogen-bond donors (Lipinski definition) is 0. The standard InChI is InChI=1S/C26H33ClN4O5S3/c1-2-36-20-8-5-9-21-24(20)28-26(37-21)30(13-6-12-29-15-17-35-18-16-29)25(32)19-7-3-4-14-31(19)39(33,34)23-11-10-22(27)38-23/h5,8-11,19H,2-4,6-7,12-18H2,1H3. The van der Waals surface area contributed by atoms with Crippen molar-refractivity contribution in [2.24, 2.45) is 0 Å². The molecule has 1 atom stereocenters. The van der Waals surface area contributed by atoms with E-state index in [-0.39, 0.29) is 10.1 Å². The van der Waals surface area contributed by atoms with Crippen molar-refractivity contribution in [3.63, 3.8) is 0 Å². The highest BCUT2D eigenvalue weighted by Crippen LogP contribution is 2.37. The molecular weight excluding hydrogens is 580 g/mol. The molecule has 2 aliphatic rings. The van der Waals surface area contributed by atoms with Crippen LogP contribution >= 0.6 is 34.3 Å². The number of ether oxygens (including phenoxy) is 2. The van der Waals surface area contributed by atoms with Crippen molar-refractivity contribution in [2.75, 3.05) is 57.4 Å². The van der Waals surface area contributed by atoms with Crippen LogP contribution in [0.1, 0.15) is 32.6 Å². The van der Waals surface area contributed by atoms with Crippen molar-refractivity contribution in [1.82, 2.24) is 14.2 Å². The molecule has 0 saturated carbocycles. The van der Waals surface area contributed by atoms with Crippen LogP contribution in [0, 0.1) is 0 Å². The van der Waals surface area contributed by atoms with E-state index in [0.29, 0.717) is 66.5 Å². The maximum Gasteiger partial charge on any atom is 0.253 e. The molecule has 13 heteroatoms. The summed E-state index contributed by atoms with van der Waals surface area (Å²) in [6.45, 7) is 7.14. The van der Waals surface area contributed by atoms with E-state index in [9.17, 15) is 13.2 Å².